The minimum Gasteiger partial charge on any atom is -0.495 e. The topological polar surface area (TPSA) is 46.6 Å². The van der Waals surface area contributed by atoms with Crippen molar-refractivity contribution in [2.45, 2.75) is 18.7 Å². The van der Waals surface area contributed by atoms with Crippen LogP contribution in [0.15, 0.2) is 23.1 Å². The smallest absolute Gasteiger partial charge is 0.246 e. The van der Waals surface area contributed by atoms with E-state index in [0.29, 0.717) is 23.9 Å². The molecule has 0 amide bonds. The van der Waals surface area contributed by atoms with Gasteiger partial charge in [-0.15, -0.1) is 0 Å². The molecule has 1 rings (SSSR count). The summed E-state index contributed by atoms with van der Waals surface area (Å²) in [6.45, 7) is 4.40. The van der Waals surface area contributed by atoms with E-state index in [1.807, 2.05) is 0 Å². The van der Waals surface area contributed by atoms with Crippen LogP contribution in [0.3, 0.4) is 0 Å². The van der Waals surface area contributed by atoms with Crippen molar-refractivity contribution in [3.63, 3.8) is 0 Å². The van der Waals surface area contributed by atoms with Crippen molar-refractivity contribution in [1.82, 2.24) is 4.31 Å². The van der Waals surface area contributed by atoms with Crippen molar-refractivity contribution < 1.29 is 13.2 Å². The molecular formula is C11H16ClNO3S. The second-order valence-corrected chi connectivity index (χ2v) is 5.73. The van der Waals surface area contributed by atoms with Gasteiger partial charge in [-0.25, -0.2) is 8.42 Å². The van der Waals surface area contributed by atoms with Gasteiger partial charge in [0.05, 0.1) is 7.11 Å². The van der Waals surface area contributed by atoms with E-state index in [-0.39, 0.29) is 4.90 Å². The summed E-state index contributed by atoms with van der Waals surface area (Å²) in [6, 6.07) is 4.56. The number of benzene rings is 1. The summed E-state index contributed by atoms with van der Waals surface area (Å²) in [5, 5.41) is 0.372. The van der Waals surface area contributed by atoms with Crippen molar-refractivity contribution >= 4 is 21.6 Å². The third-order valence-electron chi connectivity index (χ3n) is 2.45. The van der Waals surface area contributed by atoms with Crippen molar-refractivity contribution in [3.8, 4) is 5.75 Å². The average molecular weight is 278 g/mol. The third-order valence-corrected chi connectivity index (χ3v) is 4.76. The fraction of sp³-hybridized carbons (Fsp3) is 0.455. The second kappa shape index (κ2) is 5.71. The normalized spacial score (nSPS) is 11.8. The Balaban J connectivity index is 3.36. The zero-order valence-corrected chi connectivity index (χ0v) is 11.7. The molecule has 0 saturated heterocycles. The molecule has 0 spiro atoms. The molecule has 0 N–H and O–H groups in total. The summed E-state index contributed by atoms with van der Waals surface area (Å²) in [7, 11) is -2.11. The Bertz CT molecular complexity index is 483. The van der Waals surface area contributed by atoms with Gasteiger partial charge in [0.25, 0.3) is 0 Å². The lowest BCUT2D eigenvalue weighted by atomic mass is 10.3. The zero-order chi connectivity index (χ0) is 13.1. The molecule has 1 aromatic rings. The van der Waals surface area contributed by atoms with Gasteiger partial charge < -0.3 is 4.74 Å². The molecule has 6 heteroatoms. The largest absolute Gasteiger partial charge is 0.495 e. The third kappa shape index (κ3) is 2.91. The lowest BCUT2D eigenvalue weighted by Crippen LogP contribution is -2.30. The Morgan fingerprint density at radius 3 is 2.35 bits per heavy atom. The highest BCUT2D eigenvalue weighted by molar-refractivity contribution is 7.89. The summed E-state index contributed by atoms with van der Waals surface area (Å²) >= 11 is 5.83. The van der Waals surface area contributed by atoms with Gasteiger partial charge >= 0.3 is 0 Å². The summed E-state index contributed by atoms with van der Waals surface area (Å²) in [4.78, 5) is 0.108. The van der Waals surface area contributed by atoms with Crippen molar-refractivity contribution in [2.75, 3.05) is 20.2 Å². The molecule has 17 heavy (non-hydrogen) atoms. The van der Waals surface area contributed by atoms with Crippen LogP contribution in [0.25, 0.3) is 0 Å². The maximum Gasteiger partial charge on any atom is 0.246 e. The molecule has 96 valence electrons. The Kier molecular flexibility index (Phi) is 4.80. The number of hydrogen-bond donors (Lipinski definition) is 0. The fourth-order valence-corrected chi connectivity index (χ4v) is 3.43. The second-order valence-electron chi connectivity index (χ2n) is 3.38. The molecule has 0 aliphatic carbocycles. The van der Waals surface area contributed by atoms with Gasteiger partial charge in [0.1, 0.15) is 10.6 Å². The highest BCUT2D eigenvalue weighted by Crippen LogP contribution is 2.29. The molecule has 0 heterocycles. The maximum absolute atomic E-state index is 12.3. The molecule has 0 aromatic heterocycles. The average Bonchev–Trinajstić information content (AvgIpc) is 2.30. The van der Waals surface area contributed by atoms with Gasteiger partial charge in [0.2, 0.25) is 10.0 Å². The maximum atomic E-state index is 12.3. The van der Waals surface area contributed by atoms with E-state index >= 15 is 0 Å². The lowest BCUT2D eigenvalue weighted by Gasteiger charge is -2.20. The summed E-state index contributed by atoms with van der Waals surface area (Å²) in [6.07, 6.45) is 0. The molecule has 0 saturated carbocycles. The number of halogens is 1. The first kappa shape index (κ1) is 14.3. The van der Waals surface area contributed by atoms with Gasteiger partial charge in [-0.05, 0) is 18.2 Å². The quantitative estimate of drug-likeness (QED) is 0.830. The first-order valence-electron chi connectivity index (χ1n) is 5.31. The number of rotatable bonds is 5. The summed E-state index contributed by atoms with van der Waals surface area (Å²) in [5.74, 6) is 0.307. The van der Waals surface area contributed by atoms with E-state index in [1.165, 1.54) is 17.5 Å². The van der Waals surface area contributed by atoms with Crippen molar-refractivity contribution in [1.29, 1.82) is 0 Å². The minimum atomic E-state index is -3.54. The van der Waals surface area contributed by atoms with E-state index in [4.69, 9.17) is 16.3 Å². The molecule has 0 fully saturated rings. The van der Waals surface area contributed by atoms with Crippen LogP contribution in [0.2, 0.25) is 5.02 Å². The van der Waals surface area contributed by atoms with Crippen LogP contribution >= 0.6 is 11.6 Å². The number of hydrogen-bond acceptors (Lipinski definition) is 3. The predicted octanol–water partition coefficient (Wildman–Crippen LogP) is 2.38. The minimum absolute atomic E-state index is 0.108. The van der Waals surface area contributed by atoms with E-state index in [9.17, 15) is 8.42 Å². The summed E-state index contributed by atoms with van der Waals surface area (Å²) < 4.78 is 31.1. The van der Waals surface area contributed by atoms with E-state index in [1.54, 1.807) is 26.0 Å². The highest BCUT2D eigenvalue weighted by atomic mass is 35.5. The molecule has 0 radical (unpaired) electrons. The Morgan fingerprint density at radius 2 is 1.88 bits per heavy atom. The zero-order valence-electron chi connectivity index (χ0n) is 10.1. The molecule has 0 aliphatic rings. The van der Waals surface area contributed by atoms with Crippen LogP contribution in [0.5, 0.6) is 5.75 Å². The molecule has 0 atom stereocenters. The number of nitrogens with zero attached hydrogens (tertiary/aromatic N) is 1. The van der Waals surface area contributed by atoms with Crippen LogP contribution in [-0.4, -0.2) is 32.9 Å². The van der Waals surface area contributed by atoms with Gasteiger partial charge in [-0.3, -0.25) is 0 Å². The molecule has 0 unspecified atom stereocenters. The van der Waals surface area contributed by atoms with Crippen LogP contribution in [0, 0.1) is 0 Å². The van der Waals surface area contributed by atoms with Crippen molar-refractivity contribution in [2.24, 2.45) is 0 Å². The fourth-order valence-electron chi connectivity index (χ4n) is 1.55. The van der Waals surface area contributed by atoms with Gasteiger partial charge in [0.15, 0.2) is 0 Å². The van der Waals surface area contributed by atoms with E-state index < -0.39 is 10.0 Å². The Hall–Kier alpha value is -0.780. The first-order valence-corrected chi connectivity index (χ1v) is 7.12. The van der Waals surface area contributed by atoms with Gasteiger partial charge in [-0.1, -0.05) is 25.4 Å². The Morgan fingerprint density at radius 1 is 1.29 bits per heavy atom. The highest BCUT2D eigenvalue weighted by Gasteiger charge is 2.25. The van der Waals surface area contributed by atoms with Gasteiger partial charge in [0, 0.05) is 18.1 Å². The molecule has 0 aliphatic heterocycles. The first-order chi connectivity index (χ1) is 7.97. The van der Waals surface area contributed by atoms with Crippen molar-refractivity contribution in [3.05, 3.63) is 23.2 Å². The molecule has 4 nitrogen and oxygen atoms in total. The van der Waals surface area contributed by atoms with E-state index in [0.717, 1.165) is 0 Å². The standard InChI is InChI=1S/C11H16ClNO3S/c1-4-13(5-2)17(14,15)11-8-9(12)6-7-10(11)16-3/h6-8H,4-5H2,1-3H3. The number of sulfonamides is 1. The molecule has 1 aromatic carbocycles. The lowest BCUT2D eigenvalue weighted by molar-refractivity contribution is 0.395. The van der Waals surface area contributed by atoms with Crippen LogP contribution in [0.4, 0.5) is 0 Å². The Labute approximate surface area is 107 Å². The predicted molar refractivity (Wildman–Crippen MR) is 68.1 cm³/mol. The number of methoxy groups -OCH3 is 1. The van der Waals surface area contributed by atoms with Crippen LogP contribution in [0.1, 0.15) is 13.8 Å². The SMILES string of the molecule is CCN(CC)S(=O)(=O)c1cc(Cl)ccc1OC. The van der Waals surface area contributed by atoms with Crippen LogP contribution in [-0.2, 0) is 10.0 Å². The van der Waals surface area contributed by atoms with Gasteiger partial charge in [-0.2, -0.15) is 4.31 Å². The molecule has 0 bridgehead atoms. The molecular weight excluding hydrogens is 262 g/mol. The monoisotopic (exact) mass is 277 g/mol. The van der Waals surface area contributed by atoms with Crippen LogP contribution < -0.4 is 4.74 Å². The summed E-state index contributed by atoms with van der Waals surface area (Å²) in [5.41, 5.74) is 0. The number of ether oxygens (including phenoxy) is 1. The van der Waals surface area contributed by atoms with E-state index in [2.05, 4.69) is 0 Å².